The highest BCUT2D eigenvalue weighted by Gasteiger charge is 2.08. The summed E-state index contributed by atoms with van der Waals surface area (Å²) < 4.78 is 10.4. The third-order valence-electron chi connectivity index (χ3n) is 3.87. The number of aromatic nitrogens is 2. The van der Waals surface area contributed by atoms with Gasteiger partial charge in [-0.1, -0.05) is 12.1 Å². The largest absolute Gasteiger partial charge is 0.492 e. The Hall–Kier alpha value is -3.61. The summed E-state index contributed by atoms with van der Waals surface area (Å²) in [6.45, 7) is 4.35. The number of ether oxygens (including phenoxy) is 2. The molecule has 2 aromatic carbocycles. The molecule has 0 amide bonds. The van der Waals surface area contributed by atoms with Crippen molar-refractivity contribution in [3.8, 4) is 5.75 Å². The van der Waals surface area contributed by atoms with E-state index < -0.39 is 0 Å². The monoisotopic (exact) mass is 378 g/mol. The molecule has 0 spiro atoms. The summed E-state index contributed by atoms with van der Waals surface area (Å²) in [6.07, 6.45) is 0. The number of nitrogens with zero attached hydrogens (tertiary/aromatic N) is 2. The molecule has 1 aromatic heterocycles. The third kappa shape index (κ3) is 4.76. The Bertz CT molecular complexity index is 958. The molecular formula is C21H22N4O3. The van der Waals surface area contributed by atoms with Crippen LogP contribution in [0.5, 0.6) is 5.75 Å². The van der Waals surface area contributed by atoms with Crippen molar-refractivity contribution in [1.29, 1.82) is 0 Å². The summed E-state index contributed by atoms with van der Waals surface area (Å²) in [5, 5.41) is 6.50. The highest BCUT2D eigenvalue weighted by atomic mass is 16.5. The van der Waals surface area contributed by atoms with Gasteiger partial charge in [-0.3, -0.25) is 0 Å². The Morgan fingerprint density at radius 3 is 2.36 bits per heavy atom. The summed E-state index contributed by atoms with van der Waals surface area (Å²) in [4.78, 5) is 20.4. The standard InChI is InChI=1S/C21H22N4O3/c1-4-28-18-8-6-5-7-17(18)25-20-13-19(22-14(2)23-20)24-16-11-9-15(10-12-16)21(26)27-3/h5-13H,4H2,1-3H3,(H2,22,23,24,25). The van der Waals surface area contributed by atoms with E-state index >= 15 is 0 Å². The molecule has 0 bridgehead atoms. The van der Waals surface area contributed by atoms with Gasteiger partial charge < -0.3 is 20.1 Å². The van der Waals surface area contributed by atoms with Crippen molar-refractivity contribution >= 4 is 29.0 Å². The van der Waals surface area contributed by atoms with Crippen molar-refractivity contribution < 1.29 is 14.3 Å². The molecule has 0 fully saturated rings. The van der Waals surface area contributed by atoms with Crippen LogP contribution < -0.4 is 15.4 Å². The Labute approximate surface area is 163 Å². The van der Waals surface area contributed by atoms with Crippen molar-refractivity contribution in [3.05, 3.63) is 66.0 Å². The van der Waals surface area contributed by atoms with Crippen LogP contribution in [-0.4, -0.2) is 29.7 Å². The van der Waals surface area contributed by atoms with Crippen LogP contribution in [0.4, 0.5) is 23.0 Å². The van der Waals surface area contributed by atoms with Gasteiger partial charge in [-0.2, -0.15) is 0 Å². The Kier molecular flexibility index (Phi) is 6.06. The third-order valence-corrected chi connectivity index (χ3v) is 3.87. The first-order chi connectivity index (χ1) is 13.6. The summed E-state index contributed by atoms with van der Waals surface area (Å²) in [5.74, 6) is 2.29. The lowest BCUT2D eigenvalue weighted by Crippen LogP contribution is -2.04. The molecule has 0 unspecified atom stereocenters. The molecule has 28 heavy (non-hydrogen) atoms. The molecular weight excluding hydrogens is 356 g/mol. The number of aryl methyl sites for hydroxylation is 1. The highest BCUT2D eigenvalue weighted by molar-refractivity contribution is 5.89. The fourth-order valence-electron chi connectivity index (χ4n) is 2.64. The van der Waals surface area contributed by atoms with Crippen LogP contribution >= 0.6 is 0 Å². The lowest BCUT2D eigenvalue weighted by atomic mass is 10.2. The molecule has 0 aliphatic carbocycles. The van der Waals surface area contributed by atoms with E-state index in [-0.39, 0.29) is 5.97 Å². The van der Waals surface area contributed by atoms with Gasteiger partial charge in [0.05, 0.1) is 25.0 Å². The number of methoxy groups -OCH3 is 1. The summed E-state index contributed by atoms with van der Waals surface area (Å²) in [5.41, 5.74) is 2.11. The van der Waals surface area contributed by atoms with E-state index in [1.807, 2.05) is 44.2 Å². The molecule has 7 nitrogen and oxygen atoms in total. The summed E-state index contributed by atoms with van der Waals surface area (Å²) >= 11 is 0. The number of carbonyl (C=O) groups is 1. The van der Waals surface area contributed by atoms with Crippen molar-refractivity contribution in [1.82, 2.24) is 9.97 Å². The Balaban J connectivity index is 1.79. The maximum atomic E-state index is 11.5. The number of hydrogen-bond acceptors (Lipinski definition) is 7. The van der Waals surface area contributed by atoms with Crippen molar-refractivity contribution in [3.63, 3.8) is 0 Å². The first-order valence-corrected chi connectivity index (χ1v) is 8.89. The molecule has 1 heterocycles. The van der Waals surface area contributed by atoms with Crippen LogP contribution in [0.15, 0.2) is 54.6 Å². The molecule has 0 aliphatic heterocycles. The number of hydrogen-bond donors (Lipinski definition) is 2. The van der Waals surface area contributed by atoms with Crippen LogP contribution in [0.25, 0.3) is 0 Å². The molecule has 0 aliphatic rings. The van der Waals surface area contributed by atoms with E-state index in [2.05, 4.69) is 20.6 Å². The topological polar surface area (TPSA) is 85.4 Å². The normalized spacial score (nSPS) is 10.2. The van der Waals surface area contributed by atoms with Crippen LogP contribution in [0, 0.1) is 6.92 Å². The highest BCUT2D eigenvalue weighted by Crippen LogP contribution is 2.28. The van der Waals surface area contributed by atoms with Gasteiger partial charge in [0.2, 0.25) is 0 Å². The minimum absolute atomic E-state index is 0.371. The second kappa shape index (κ2) is 8.85. The number of para-hydroxylation sites is 2. The van der Waals surface area contributed by atoms with E-state index in [0.717, 1.165) is 17.1 Å². The predicted molar refractivity (Wildman–Crippen MR) is 109 cm³/mol. The molecule has 2 N–H and O–H groups in total. The predicted octanol–water partition coefficient (Wildman–Crippen LogP) is 4.46. The van der Waals surface area contributed by atoms with Crippen LogP contribution in [0.1, 0.15) is 23.1 Å². The molecule has 7 heteroatoms. The Morgan fingerprint density at radius 1 is 1.00 bits per heavy atom. The number of anilines is 4. The Morgan fingerprint density at radius 2 is 1.68 bits per heavy atom. The minimum Gasteiger partial charge on any atom is -0.492 e. The molecule has 144 valence electrons. The van der Waals surface area contributed by atoms with Crippen molar-refractivity contribution in [2.45, 2.75) is 13.8 Å². The number of rotatable bonds is 7. The smallest absolute Gasteiger partial charge is 0.337 e. The lowest BCUT2D eigenvalue weighted by molar-refractivity contribution is 0.0601. The summed E-state index contributed by atoms with van der Waals surface area (Å²) in [7, 11) is 1.36. The molecule has 3 aromatic rings. The molecule has 0 radical (unpaired) electrons. The van der Waals surface area contributed by atoms with Crippen LogP contribution in [-0.2, 0) is 4.74 Å². The van der Waals surface area contributed by atoms with Crippen molar-refractivity contribution in [2.75, 3.05) is 24.4 Å². The average Bonchev–Trinajstić information content (AvgIpc) is 2.69. The quantitative estimate of drug-likeness (QED) is 0.587. The number of esters is 1. The second-order valence-electron chi connectivity index (χ2n) is 5.93. The zero-order valence-electron chi connectivity index (χ0n) is 16.0. The van der Waals surface area contributed by atoms with Gasteiger partial charge in [-0.05, 0) is 50.2 Å². The molecule has 0 atom stereocenters. The zero-order valence-corrected chi connectivity index (χ0v) is 16.0. The second-order valence-corrected chi connectivity index (χ2v) is 5.93. The van der Waals surface area contributed by atoms with Gasteiger partial charge in [0.15, 0.2) is 0 Å². The SMILES string of the molecule is CCOc1ccccc1Nc1cc(Nc2ccc(C(=O)OC)cc2)nc(C)n1. The zero-order chi connectivity index (χ0) is 19.9. The fourth-order valence-corrected chi connectivity index (χ4v) is 2.64. The number of benzene rings is 2. The molecule has 0 saturated carbocycles. The van der Waals surface area contributed by atoms with E-state index in [1.165, 1.54) is 7.11 Å². The van der Waals surface area contributed by atoms with Gasteiger partial charge in [0.25, 0.3) is 0 Å². The van der Waals surface area contributed by atoms with E-state index in [1.54, 1.807) is 24.3 Å². The molecule has 3 rings (SSSR count). The lowest BCUT2D eigenvalue weighted by Gasteiger charge is -2.13. The van der Waals surface area contributed by atoms with Gasteiger partial charge in [-0.15, -0.1) is 0 Å². The van der Waals surface area contributed by atoms with Crippen LogP contribution in [0.3, 0.4) is 0 Å². The minimum atomic E-state index is -0.371. The maximum Gasteiger partial charge on any atom is 0.337 e. The van der Waals surface area contributed by atoms with Gasteiger partial charge >= 0.3 is 5.97 Å². The van der Waals surface area contributed by atoms with E-state index in [0.29, 0.717) is 29.6 Å². The maximum absolute atomic E-state index is 11.5. The van der Waals surface area contributed by atoms with Gasteiger partial charge in [0, 0.05) is 11.8 Å². The first kappa shape index (κ1) is 19.2. The fraction of sp³-hybridized carbons (Fsp3) is 0.190. The number of nitrogens with one attached hydrogen (secondary N) is 2. The average molecular weight is 378 g/mol. The number of carbonyl (C=O) groups excluding carboxylic acids is 1. The van der Waals surface area contributed by atoms with Gasteiger partial charge in [0.1, 0.15) is 23.2 Å². The van der Waals surface area contributed by atoms with Crippen molar-refractivity contribution in [2.24, 2.45) is 0 Å². The van der Waals surface area contributed by atoms with Gasteiger partial charge in [-0.25, -0.2) is 14.8 Å². The first-order valence-electron chi connectivity index (χ1n) is 8.89. The van der Waals surface area contributed by atoms with E-state index in [9.17, 15) is 4.79 Å². The van der Waals surface area contributed by atoms with E-state index in [4.69, 9.17) is 9.47 Å². The molecule has 0 saturated heterocycles. The van der Waals surface area contributed by atoms with Crippen LogP contribution in [0.2, 0.25) is 0 Å². The summed E-state index contributed by atoms with van der Waals surface area (Å²) in [6, 6.07) is 16.5.